The van der Waals surface area contributed by atoms with Crippen molar-refractivity contribution in [1.82, 2.24) is 4.98 Å². The molecule has 1 heterocycles. The van der Waals surface area contributed by atoms with Crippen molar-refractivity contribution in [3.63, 3.8) is 0 Å². The fraction of sp³-hybridized carbons (Fsp3) is 0.143. The lowest BCUT2D eigenvalue weighted by Gasteiger charge is -2.05. The van der Waals surface area contributed by atoms with Crippen LogP contribution in [0.3, 0.4) is 0 Å². The SMILES string of the molecule is COc1ccc2nc(NC(=O)CSc3ccc(NC(=O)/C=C(/C)C(=O)O)cc3)sc2c1. The van der Waals surface area contributed by atoms with Crippen LogP contribution in [-0.2, 0) is 14.4 Å². The van der Waals surface area contributed by atoms with Gasteiger partial charge in [-0.15, -0.1) is 11.8 Å². The molecule has 0 saturated carbocycles. The maximum absolute atomic E-state index is 12.3. The van der Waals surface area contributed by atoms with Crippen LogP contribution in [0.5, 0.6) is 5.75 Å². The van der Waals surface area contributed by atoms with Crippen LogP contribution in [0.25, 0.3) is 10.2 Å². The number of nitrogens with zero attached hydrogens (tertiary/aromatic N) is 1. The van der Waals surface area contributed by atoms with Gasteiger partial charge in [0.1, 0.15) is 5.75 Å². The Morgan fingerprint density at radius 3 is 2.58 bits per heavy atom. The second kappa shape index (κ2) is 10.1. The first-order valence-electron chi connectivity index (χ1n) is 9.04. The van der Waals surface area contributed by atoms with Gasteiger partial charge in [-0.05, 0) is 49.4 Å². The Morgan fingerprint density at radius 1 is 1.16 bits per heavy atom. The Balaban J connectivity index is 1.51. The van der Waals surface area contributed by atoms with Crippen molar-refractivity contribution in [2.24, 2.45) is 0 Å². The number of carboxylic acids is 1. The van der Waals surface area contributed by atoms with Gasteiger partial charge in [0.25, 0.3) is 0 Å². The number of aliphatic carboxylic acids is 1. The number of hydrogen-bond donors (Lipinski definition) is 3. The van der Waals surface area contributed by atoms with E-state index in [1.165, 1.54) is 30.0 Å². The third kappa shape index (κ3) is 6.30. The normalized spacial score (nSPS) is 11.2. The van der Waals surface area contributed by atoms with Crippen molar-refractivity contribution < 1.29 is 24.2 Å². The molecule has 2 amide bonds. The molecule has 0 bridgehead atoms. The van der Waals surface area contributed by atoms with Gasteiger partial charge < -0.3 is 20.5 Å². The summed E-state index contributed by atoms with van der Waals surface area (Å²) in [7, 11) is 1.60. The van der Waals surface area contributed by atoms with Crippen LogP contribution in [0.1, 0.15) is 6.92 Å². The molecule has 160 valence electrons. The van der Waals surface area contributed by atoms with Crippen molar-refractivity contribution in [2.45, 2.75) is 11.8 Å². The van der Waals surface area contributed by atoms with Crippen molar-refractivity contribution in [3.05, 3.63) is 54.1 Å². The van der Waals surface area contributed by atoms with Crippen LogP contribution in [0.2, 0.25) is 0 Å². The Hall–Kier alpha value is -3.37. The molecular weight excluding hydrogens is 438 g/mol. The molecule has 0 aliphatic carbocycles. The van der Waals surface area contributed by atoms with Crippen LogP contribution in [0, 0.1) is 0 Å². The minimum Gasteiger partial charge on any atom is -0.497 e. The Labute approximate surface area is 186 Å². The molecule has 0 aliphatic heterocycles. The molecule has 0 atom stereocenters. The van der Waals surface area contributed by atoms with Gasteiger partial charge in [0.05, 0.1) is 23.1 Å². The lowest BCUT2D eigenvalue weighted by atomic mass is 10.2. The maximum Gasteiger partial charge on any atom is 0.331 e. The fourth-order valence-electron chi connectivity index (χ4n) is 2.46. The second-order valence-corrected chi connectivity index (χ2v) is 8.42. The summed E-state index contributed by atoms with van der Waals surface area (Å²) in [4.78, 5) is 40.0. The highest BCUT2D eigenvalue weighted by Gasteiger charge is 2.10. The van der Waals surface area contributed by atoms with Gasteiger partial charge in [-0.2, -0.15) is 0 Å². The number of carbonyl (C=O) groups excluding carboxylic acids is 2. The van der Waals surface area contributed by atoms with Crippen LogP contribution < -0.4 is 15.4 Å². The predicted molar refractivity (Wildman–Crippen MR) is 122 cm³/mol. The van der Waals surface area contributed by atoms with Crippen molar-refractivity contribution in [1.29, 1.82) is 0 Å². The number of aromatic nitrogens is 1. The lowest BCUT2D eigenvalue weighted by Crippen LogP contribution is -2.13. The number of carbonyl (C=O) groups is 3. The summed E-state index contributed by atoms with van der Waals surface area (Å²) in [6.07, 6.45) is 1.02. The summed E-state index contributed by atoms with van der Waals surface area (Å²) in [5, 5.41) is 14.7. The first-order chi connectivity index (χ1) is 14.8. The van der Waals surface area contributed by atoms with E-state index in [4.69, 9.17) is 9.84 Å². The smallest absolute Gasteiger partial charge is 0.331 e. The summed E-state index contributed by atoms with van der Waals surface area (Å²) in [6.45, 7) is 1.35. The average molecular weight is 458 g/mol. The van der Waals surface area contributed by atoms with Gasteiger partial charge in [-0.1, -0.05) is 11.3 Å². The van der Waals surface area contributed by atoms with Gasteiger partial charge >= 0.3 is 5.97 Å². The molecule has 2 aromatic carbocycles. The van der Waals surface area contributed by atoms with Gasteiger partial charge in [-0.25, -0.2) is 9.78 Å². The van der Waals surface area contributed by atoms with Crippen molar-refractivity contribution in [2.75, 3.05) is 23.5 Å². The number of anilines is 2. The standard InChI is InChI=1S/C21H19N3O5S2/c1-12(20(27)28)9-18(25)22-13-3-6-15(7-4-13)30-11-19(26)24-21-23-16-8-5-14(29-2)10-17(16)31-21/h3-10H,11H2,1-2H3,(H,22,25)(H,27,28)(H,23,24,26)/b12-9-. The molecule has 10 heteroatoms. The number of thioether (sulfide) groups is 1. The molecule has 0 radical (unpaired) electrons. The van der Waals surface area contributed by atoms with Gasteiger partial charge in [0.15, 0.2) is 5.13 Å². The molecule has 0 fully saturated rings. The number of nitrogens with one attached hydrogen (secondary N) is 2. The number of amides is 2. The van der Waals surface area contributed by atoms with Crippen LogP contribution >= 0.6 is 23.1 Å². The van der Waals surface area contributed by atoms with Gasteiger partial charge in [0, 0.05) is 22.2 Å². The molecule has 3 rings (SSSR count). The zero-order valence-corrected chi connectivity index (χ0v) is 18.3. The largest absolute Gasteiger partial charge is 0.497 e. The third-order valence-electron chi connectivity index (χ3n) is 4.02. The number of hydrogen-bond acceptors (Lipinski definition) is 7. The molecule has 0 unspecified atom stereocenters. The topological polar surface area (TPSA) is 118 Å². The van der Waals surface area contributed by atoms with E-state index in [9.17, 15) is 14.4 Å². The molecule has 3 aromatic rings. The number of benzene rings is 2. The number of rotatable bonds is 8. The molecule has 1 aromatic heterocycles. The van der Waals surface area contributed by atoms with E-state index in [-0.39, 0.29) is 17.2 Å². The first kappa shape index (κ1) is 22.3. The number of carboxylic acid groups (broad SMARTS) is 1. The fourth-order valence-corrected chi connectivity index (χ4v) is 4.07. The average Bonchev–Trinajstić information content (AvgIpc) is 3.14. The Morgan fingerprint density at radius 2 is 1.90 bits per heavy atom. The molecular formula is C21H19N3O5S2. The highest BCUT2D eigenvalue weighted by molar-refractivity contribution is 8.00. The van der Waals surface area contributed by atoms with Crippen LogP contribution in [0.4, 0.5) is 10.8 Å². The van der Waals surface area contributed by atoms with E-state index in [1.807, 2.05) is 18.2 Å². The predicted octanol–water partition coefficient (Wildman–Crippen LogP) is 4.01. The first-order valence-corrected chi connectivity index (χ1v) is 10.8. The Bertz CT molecular complexity index is 1160. The van der Waals surface area contributed by atoms with Crippen molar-refractivity contribution in [3.8, 4) is 5.75 Å². The van der Waals surface area contributed by atoms with E-state index in [0.717, 1.165) is 26.9 Å². The summed E-state index contributed by atoms with van der Waals surface area (Å²) < 4.78 is 6.12. The zero-order valence-electron chi connectivity index (χ0n) is 16.7. The van der Waals surface area contributed by atoms with E-state index < -0.39 is 11.9 Å². The molecule has 3 N–H and O–H groups in total. The summed E-state index contributed by atoms with van der Waals surface area (Å²) in [5.41, 5.74) is 1.26. The van der Waals surface area contributed by atoms with Gasteiger partial charge in [0.2, 0.25) is 11.8 Å². The lowest BCUT2D eigenvalue weighted by molar-refractivity contribution is -0.132. The highest BCUT2D eigenvalue weighted by Crippen LogP contribution is 2.29. The Kier molecular flexibility index (Phi) is 7.27. The van der Waals surface area contributed by atoms with Gasteiger partial charge in [-0.3, -0.25) is 9.59 Å². The zero-order chi connectivity index (χ0) is 22.4. The maximum atomic E-state index is 12.3. The monoisotopic (exact) mass is 457 g/mol. The molecule has 8 nitrogen and oxygen atoms in total. The number of methoxy groups -OCH3 is 1. The van der Waals surface area contributed by atoms with E-state index in [2.05, 4.69) is 15.6 Å². The number of thiazole rings is 1. The quantitative estimate of drug-likeness (QED) is 0.346. The summed E-state index contributed by atoms with van der Waals surface area (Å²) in [6, 6.07) is 12.4. The number of ether oxygens (including phenoxy) is 1. The summed E-state index contributed by atoms with van der Waals surface area (Å²) in [5.74, 6) is -0.912. The van der Waals surface area contributed by atoms with Crippen molar-refractivity contribution >= 4 is 61.9 Å². The highest BCUT2D eigenvalue weighted by atomic mass is 32.2. The minimum atomic E-state index is -1.15. The number of fused-ring (bicyclic) bond motifs is 1. The molecule has 0 saturated heterocycles. The third-order valence-corrected chi connectivity index (χ3v) is 5.96. The van der Waals surface area contributed by atoms with Crippen LogP contribution in [0.15, 0.2) is 59.0 Å². The minimum absolute atomic E-state index is 0.0528. The molecule has 0 spiro atoms. The summed E-state index contributed by atoms with van der Waals surface area (Å²) >= 11 is 2.72. The second-order valence-electron chi connectivity index (χ2n) is 6.34. The molecule has 31 heavy (non-hydrogen) atoms. The van der Waals surface area contributed by atoms with Crippen LogP contribution in [-0.4, -0.2) is 40.7 Å². The molecule has 0 aliphatic rings. The van der Waals surface area contributed by atoms with E-state index in [1.54, 1.807) is 31.4 Å². The van der Waals surface area contributed by atoms with E-state index >= 15 is 0 Å². The van der Waals surface area contributed by atoms with E-state index in [0.29, 0.717) is 10.8 Å².